The first kappa shape index (κ1) is 17.8. The average molecular weight is 334 g/mol. The maximum atomic E-state index is 11.9. The number of nitrogens with one attached hydrogen (secondary N) is 1. The second-order valence-corrected chi connectivity index (χ2v) is 8.20. The monoisotopic (exact) mass is 334 g/mol. The summed E-state index contributed by atoms with van der Waals surface area (Å²) in [5.41, 5.74) is 5.77. The molecule has 3 N–H and O–H groups in total. The smallest absolute Gasteiger partial charge is 0.350 e. The Morgan fingerprint density at radius 2 is 2.05 bits per heavy atom. The molecule has 1 rings (SSSR count). The van der Waals surface area contributed by atoms with E-state index in [0.29, 0.717) is 17.5 Å². The molecule has 0 spiro atoms. The van der Waals surface area contributed by atoms with Crippen LogP contribution in [-0.4, -0.2) is 34.3 Å². The van der Waals surface area contributed by atoms with Crippen LogP contribution in [0.4, 0.5) is 10.7 Å². The van der Waals surface area contributed by atoms with Crippen molar-refractivity contribution in [3.8, 4) is 0 Å². The lowest BCUT2D eigenvalue weighted by Gasteiger charge is -2.08. The third-order valence-corrected chi connectivity index (χ3v) is 5.32. The summed E-state index contributed by atoms with van der Waals surface area (Å²) in [7, 11) is -2.29. The fourth-order valence-electron chi connectivity index (χ4n) is 1.87. The maximum absolute atomic E-state index is 11.9. The topological polar surface area (TPSA) is 98.5 Å². The van der Waals surface area contributed by atoms with Gasteiger partial charge < -0.3 is 15.8 Å². The largest absolute Gasteiger partial charge is 0.465 e. The molecule has 0 aliphatic heterocycles. The molecule has 0 saturated carbocycles. The molecule has 0 amide bonds. The Morgan fingerprint density at radius 3 is 2.52 bits per heavy atom. The average Bonchev–Trinajstić information content (AvgIpc) is 2.70. The molecule has 0 atom stereocenters. The highest BCUT2D eigenvalue weighted by Gasteiger charge is 2.27. The van der Waals surface area contributed by atoms with Gasteiger partial charge in [0.2, 0.25) is 0 Å². The van der Waals surface area contributed by atoms with Crippen LogP contribution < -0.4 is 11.1 Å². The summed E-state index contributed by atoms with van der Waals surface area (Å²) in [6, 6.07) is 0. The number of hydrogen-bond acceptors (Lipinski definition) is 7. The molecular formula is C13H22N2O4S2. The quantitative estimate of drug-likeness (QED) is 0.587. The van der Waals surface area contributed by atoms with Gasteiger partial charge in [0.05, 0.1) is 12.8 Å². The first-order chi connectivity index (χ1) is 9.68. The van der Waals surface area contributed by atoms with Crippen molar-refractivity contribution < 1.29 is 17.9 Å². The summed E-state index contributed by atoms with van der Waals surface area (Å²) in [6.45, 7) is 4.88. The molecule has 0 aliphatic carbocycles. The number of sulfone groups is 1. The zero-order chi connectivity index (χ0) is 16.2. The van der Waals surface area contributed by atoms with Gasteiger partial charge in [-0.2, -0.15) is 0 Å². The van der Waals surface area contributed by atoms with Crippen molar-refractivity contribution in [2.45, 2.75) is 31.6 Å². The van der Waals surface area contributed by atoms with Crippen LogP contribution >= 0.6 is 11.3 Å². The SMILES string of the molecule is COC(=O)c1sc(NCCCC(C)C)c(S(C)(=O)=O)c1N. The van der Waals surface area contributed by atoms with Gasteiger partial charge in [-0.1, -0.05) is 13.8 Å². The second-order valence-electron chi connectivity index (χ2n) is 5.23. The Labute approximate surface area is 129 Å². The van der Waals surface area contributed by atoms with Crippen molar-refractivity contribution in [1.29, 1.82) is 0 Å². The van der Waals surface area contributed by atoms with Gasteiger partial charge in [0.25, 0.3) is 0 Å². The van der Waals surface area contributed by atoms with Crippen molar-refractivity contribution in [1.82, 2.24) is 0 Å². The van der Waals surface area contributed by atoms with Crippen LogP contribution in [0, 0.1) is 5.92 Å². The number of ether oxygens (including phenoxy) is 1. The molecule has 1 aromatic heterocycles. The zero-order valence-electron chi connectivity index (χ0n) is 12.7. The molecule has 0 radical (unpaired) electrons. The highest BCUT2D eigenvalue weighted by molar-refractivity contribution is 7.91. The highest BCUT2D eigenvalue weighted by atomic mass is 32.2. The van der Waals surface area contributed by atoms with E-state index in [1.54, 1.807) is 0 Å². The van der Waals surface area contributed by atoms with Crippen LogP contribution in [0.15, 0.2) is 4.90 Å². The first-order valence-corrected chi connectivity index (χ1v) is 9.33. The van der Waals surface area contributed by atoms with E-state index in [2.05, 4.69) is 23.9 Å². The molecule has 21 heavy (non-hydrogen) atoms. The van der Waals surface area contributed by atoms with Gasteiger partial charge in [-0.05, 0) is 18.8 Å². The number of carbonyl (C=O) groups is 1. The van der Waals surface area contributed by atoms with Crippen molar-refractivity contribution in [2.24, 2.45) is 5.92 Å². The minimum absolute atomic E-state index is 0.0163. The number of thiophene rings is 1. The minimum atomic E-state index is -3.52. The summed E-state index contributed by atoms with van der Waals surface area (Å²) >= 11 is 1.01. The number of nitrogens with two attached hydrogens (primary N) is 1. The molecule has 0 saturated heterocycles. The van der Waals surface area contributed by atoms with Crippen LogP contribution in [0.5, 0.6) is 0 Å². The number of methoxy groups -OCH3 is 1. The van der Waals surface area contributed by atoms with Crippen LogP contribution in [-0.2, 0) is 14.6 Å². The van der Waals surface area contributed by atoms with E-state index >= 15 is 0 Å². The van der Waals surface area contributed by atoms with Crippen LogP contribution in [0.1, 0.15) is 36.4 Å². The minimum Gasteiger partial charge on any atom is -0.465 e. The summed E-state index contributed by atoms with van der Waals surface area (Å²) in [5, 5.41) is 3.47. The molecule has 0 unspecified atom stereocenters. The number of carbonyl (C=O) groups excluding carboxylic acids is 1. The summed E-state index contributed by atoms with van der Waals surface area (Å²) in [6.07, 6.45) is 3.02. The fourth-order valence-corrected chi connectivity index (χ4v) is 4.38. The number of anilines is 2. The molecule has 0 bridgehead atoms. The Morgan fingerprint density at radius 1 is 1.43 bits per heavy atom. The second kappa shape index (κ2) is 7.13. The Hall–Kier alpha value is -1.28. The van der Waals surface area contributed by atoms with Crippen molar-refractivity contribution in [3.63, 3.8) is 0 Å². The van der Waals surface area contributed by atoms with Gasteiger partial charge in [-0.25, -0.2) is 13.2 Å². The lowest BCUT2D eigenvalue weighted by Crippen LogP contribution is -2.08. The number of nitrogen functional groups attached to an aromatic ring is 1. The summed E-state index contributed by atoms with van der Waals surface area (Å²) in [4.78, 5) is 11.7. The molecule has 0 aliphatic rings. The fraction of sp³-hybridized carbons (Fsp3) is 0.615. The molecule has 8 heteroatoms. The molecule has 120 valence electrons. The highest BCUT2D eigenvalue weighted by Crippen LogP contribution is 2.39. The van der Waals surface area contributed by atoms with E-state index in [1.165, 1.54) is 7.11 Å². The van der Waals surface area contributed by atoms with E-state index in [-0.39, 0.29) is 15.5 Å². The zero-order valence-corrected chi connectivity index (χ0v) is 14.4. The standard InChI is InChI=1S/C13H22N2O4S2/c1-8(2)6-5-7-15-12-11(21(4,17)18)9(14)10(20-12)13(16)19-3/h8,15H,5-7,14H2,1-4H3. The molecule has 0 aromatic carbocycles. The van der Waals surface area contributed by atoms with Crippen molar-refractivity contribution in [2.75, 3.05) is 31.0 Å². The molecule has 1 heterocycles. The number of esters is 1. The van der Waals surface area contributed by atoms with Crippen LogP contribution in [0.2, 0.25) is 0 Å². The summed E-state index contributed by atoms with van der Waals surface area (Å²) < 4.78 is 28.4. The van der Waals surface area contributed by atoms with Crippen molar-refractivity contribution >= 4 is 37.8 Å². The van der Waals surface area contributed by atoms with Gasteiger partial charge in [-0.15, -0.1) is 11.3 Å². The lowest BCUT2D eigenvalue weighted by molar-refractivity contribution is 0.0607. The third kappa shape index (κ3) is 4.60. The van der Waals surface area contributed by atoms with Gasteiger partial charge in [0, 0.05) is 12.8 Å². The van der Waals surface area contributed by atoms with E-state index < -0.39 is 15.8 Å². The van der Waals surface area contributed by atoms with Gasteiger partial charge in [0.15, 0.2) is 9.84 Å². The maximum Gasteiger partial charge on any atom is 0.350 e. The lowest BCUT2D eigenvalue weighted by atomic mass is 10.1. The van der Waals surface area contributed by atoms with E-state index in [4.69, 9.17) is 5.73 Å². The summed E-state index contributed by atoms with van der Waals surface area (Å²) in [5.74, 6) is -0.0437. The Kier molecular flexibility index (Phi) is 6.03. The third-order valence-electron chi connectivity index (χ3n) is 2.88. The van der Waals surface area contributed by atoms with Crippen LogP contribution in [0.3, 0.4) is 0 Å². The van der Waals surface area contributed by atoms with E-state index in [1.807, 2.05) is 0 Å². The Balaban J connectivity index is 3.04. The Bertz CT molecular complexity index is 606. The van der Waals surface area contributed by atoms with Gasteiger partial charge in [-0.3, -0.25) is 0 Å². The van der Waals surface area contributed by atoms with Gasteiger partial charge in [0.1, 0.15) is 14.8 Å². The van der Waals surface area contributed by atoms with E-state index in [0.717, 1.165) is 30.4 Å². The predicted molar refractivity (Wildman–Crippen MR) is 85.7 cm³/mol. The molecule has 6 nitrogen and oxygen atoms in total. The predicted octanol–water partition coefficient (Wildman–Crippen LogP) is 2.37. The first-order valence-electron chi connectivity index (χ1n) is 6.63. The molecular weight excluding hydrogens is 312 g/mol. The molecule has 0 fully saturated rings. The molecule has 1 aromatic rings. The van der Waals surface area contributed by atoms with Crippen LogP contribution in [0.25, 0.3) is 0 Å². The number of hydrogen-bond donors (Lipinski definition) is 2. The number of rotatable bonds is 7. The van der Waals surface area contributed by atoms with Gasteiger partial charge >= 0.3 is 5.97 Å². The normalized spacial score (nSPS) is 11.7. The van der Waals surface area contributed by atoms with E-state index in [9.17, 15) is 13.2 Å². The van der Waals surface area contributed by atoms with Crippen molar-refractivity contribution in [3.05, 3.63) is 4.88 Å².